The molecule has 2 aliphatic carbocycles. The van der Waals surface area contributed by atoms with Crippen molar-refractivity contribution in [1.82, 2.24) is 0 Å². The minimum atomic E-state index is 0.224. The first kappa shape index (κ1) is 9.66. The predicted molar refractivity (Wildman–Crippen MR) is 55.1 cm³/mol. The molecule has 1 unspecified atom stereocenters. The van der Waals surface area contributed by atoms with E-state index in [1.807, 2.05) is 0 Å². The maximum absolute atomic E-state index is 11.4. The van der Waals surface area contributed by atoms with Gasteiger partial charge in [0.25, 0.3) is 0 Å². The van der Waals surface area contributed by atoms with Crippen molar-refractivity contribution in [1.29, 1.82) is 0 Å². The molecule has 2 nitrogen and oxygen atoms in total. The molecule has 0 saturated carbocycles. The summed E-state index contributed by atoms with van der Waals surface area (Å²) < 4.78 is 5.30. The van der Waals surface area contributed by atoms with E-state index in [9.17, 15) is 4.79 Å². The number of carbonyl (C=O) groups is 1. The molecule has 14 heavy (non-hydrogen) atoms. The van der Waals surface area contributed by atoms with Crippen LogP contribution in [0.3, 0.4) is 0 Å². The van der Waals surface area contributed by atoms with Crippen LogP contribution in [-0.2, 0) is 9.53 Å². The van der Waals surface area contributed by atoms with Crippen LogP contribution in [0.5, 0.6) is 0 Å². The van der Waals surface area contributed by atoms with Crippen molar-refractivity contribution in [2.75, 3.05) is 7.11 Å². The Balaban J connectivity index is 2.16. The lowest BCUT2D eigenvalue weighted by Crippen LogP contribution is -2.12. The van der Waals surface area contributed by atoms with E-state index in [0.29, 0.717) is 12.2 Å². The number of allylic oxidation sites excluding steroid dienone is 2. The average Bonchev–Trinajstić information content (AvgIpc) is 2.37. The summed E-state index contributed by atoms with van der Waals surface area (Å²) in [5, 5.41) is 0. The number of hydrogen-bond acceptors (Lipinski definition) is 2. The number of ketones is 1. The van der Waals surface area contributed by atoms with Crippen molar-refractivity contribution in [3.63, 3.8) is 0 Å². The van der Waals surface area contributed by atoms with Gasteiger partial charge in [-0.2, -0.15) is 0 Å². The standard InChI is InChI=1S/C12H16O2/c1-14-12-6-5-10-7-11(13)4-2-3-9(10)8-12/h5-6,12H,2-4,7-8H2,1H3. The molecule has 0 aromatic heterocycles. The molecule has 2 rings (SSSR count). The number of methoxy groups -OCH3 is 1. The van der Waals surface area contributed by atoms with Gasteiger partial charge >= 0.3 is 0 Å². The smallest absolute Gasteiger partial charge is 0.137 e. The quantitative estimate of drug-likeness (QED) is 0.637. The first-order valence-electron chi connectivity index (χ1n) is 5.23. The molecule has 0 bridgehead atoms. The van der Waals surface area contributed by atoms with E-state index in [0.717, 1.165) is 25.7 Å². The van der Waals surface area contributed by atoms with Gasteiger partial charge in [0.2, 0.25) is 0 Å². The first-order valence-corrected chi connectivity index (χ1v) is 5.23. The van der Waals surface area contributed by atoms with Gasteiger partial charge in [-0.3, -0.25) is 4.79 Å². The van der Waals surface area contributed by atoms with Crippen molar-refractivity contribution in [3.05, 3.63) is 23.3 Å². The van der Waals surface area contributed by atoms with Crippen LogP contribution in [0.15, 0.2) is 23.3 Å². The van der Waals surface area contributed by atoms with Gasteiger partial charge < -0.3 is 4.74 Å². The fourth-order valence-electron chi connectivity index (χ4n) is 2.19. The average molecular weight is 192 g/mol. The second-order valence-corrected chi connectivity index (χ2v) is 4.04. The van der Waals surface area contributed by atoms with Crippen LogP contribution in [0.1, 0.15) is 32.1 Å². The Bertz CT molecular complexity index is 299. The molecule has 0 N–H and O–H groups in total. The fourth-order valence-corrected chi connectivity index (χ4v) is 2.19. The number of carbonyl (C=O) groups excluding carboxylic acids is 1. The maximum Gasteiger partial charge on any atom is 0.137 e. The van der Waals surface area contributed by atoms with E-state index < -0.39 is 0 Å². The van der Waals surface area contributed by atoms with Crippen LogP contribution in [0, 0.1) is 0 Å². The molecule has 2 heteroatoms. The Morgan fingerprint density at radius 3 is 3.07 bits per heavy atom. The third kappa shape index (κ3) is 1.95. The summed E-state index contributed by atoms with van der Waals surface area (Å²) >= 11 is 0. The number of rotatable bonds is 1. The van der Waals surface area contributed by atoms with Crippen LogP contribution in [0.25, 0.3) is 0 Å². The first-order chi connectivity index (χ1) is 6.79. The van der Waals surface area contributed by atoms with Crippen molar-refractivity contribution in [3.8, 4) is 0 Å². The largest absolute Gasteiger partial charge is 0.377 e. The molecule has 0 aromatic rings. The van der Waals surface area contributed by atoms with E-state index in [4.69, 9.17) is 4.74 Å². The van der Waals surface area contributed by atoms with Gasteiger partial charge in [0.05, 0.1) is 6.10 Å². The van der Waals surface area contributed by atoms with Crippen molar-refractivity contribution in [2.24, 2.45) is 0 Å². The van der Waals surface area contributed by atoms with Crippen LogP contribution < -0.4 is 0 Å². The zero-order valence-corrected chi connectivity index (χ0v) is 8.58. The molecule has 76 valence electrons. The highest BCUT2D eigenvalue weighted by Crippen LogP contribution is 2.30. The SMILES string of the molecule is COC1C=CC2=C(CCCC(=O)C2)C1. The third-order valence-corrected chi connectivity index (χ3v) is 3.04. The zero-order chi connectivity index (χ0) is 9.97. The highest BCUT2D eigenvalue weighted by atomic mass is 16.5. The minimum absolute atomic E-state index is 0.224. The summed E-state index contributed by atoms with van der Waals surface area (Å²) in [6.07, 6.45) is 8.83. The van der Waals surface area contributed by atoms with Crippen LogP contribution in [-0.4, -0.2) is 19.0 Å². The maximum atomic E-state index is 11.4. The summed E-state index contributed by atoms with van der Waals surface area (Å²) in [5.74, 6) is 0.385. The number of ether oxygens (including phenoxy) is 1. The predicted octanol–water partition coefficient (Wildman–Crippen LogP) is 2.40. The summed E-state index contributed by atoms with van der Waals surface area (Å²) in [6, 6.07) is 0. The lowest BCUT2D eigenvalue weighted by molar-refractivity contribution is -0.118. The van der Waals surface area contributed by atoms with E-state index in [2.05, 4.69) is 12.2 Å². The molecule has 0 saturated heterocycles. The van der Waals surface area contributed by atoms with Gasteiger partial charge in [-0.25, -0.2) is 0 Å². The third-order valence-electron chi connectivity index (χ3n) is 3.04. The molecule has 0 heterocycles. The van der Waals surface area contributed by atoms with E-state index in [1.54, 1.807) is 7.11 Å². The number of Topliss-reactive ketones (excluding diaryl/α,β-unsaturated/α-hetero) is 1. The Morgan fingerprint density at radius 2 is 2.29 bits per heavy atom. The highest BCUT2D eigenvalue weighted by Gasteiger charge is 2.20. The lowest BCUT2D eigenvalue weighted by atomic mass is 9.92. The molecule has 0 fully saturated rings. The summed E-state index contributed by atoms with van der Waals surface area (Å²) in [4.78, 5) is 11.4. The topological polar surface area (TPSA) is 26.3 Å². The van der Waals surface area contributed by atoms with Crippen LogP contribution >= 0.6 is 0 Å². The normalized spacial score (nSPS) is 27.5. The van der Waals surface area contributed by atoms with Crippen molar-refractivity contribution >= 4 is 5.78 Å². The summed E-state index contributed by atoms with van der Waals surface area (Å²) in [7, 11) is 1.74. The highest BCUT2D eigenvalue weighted by molar-refractivity contribution is 5.82. The molecule has 0 radical (unpaired) electrons. The zero-order valence-electron chi connectivity index (χ0n) is 8.58. The Hall–Kier alpha value is -0.890. The molecule has 2 aliphatic rings. The summed E-state index contributed by atoms with van der Waals surface area (Å²) in [6.45, 7) is 0. The molecular formula is C12H16O2. The monoisotopic (exact) mass is 192 g/mol. The Kier molecular flexibility index (Phi) is 2.82. The Labute approximate surface area is 84.6 Å². The molecule has 0 aliphatic heterocycles. The molecule has 0 spiro atoms. The minimum Gasteiger partial charge on any atom is -0.377 e. The van der Waals surface area contributed by atoms with E-state index >= 15 is 0 Å². The Morgan fingerprint density at radius 1 is 1.43 bits per heavy atom. The van der Waals surface area contributed by atoms with Gasteiger partial charge in [0.1, 0.15) is 5.78 Å². The molecule has 0 aromatic carbocycles. The van der Waals surface area contributed by atoms with Gasteiger partial charge in [-0.1, -0.05) is 17.7 Å². The van der Waals surface area contributed by atoms with Crippen LogP contribution in [0.4, 0.5) is 0 Å². The fraction of sp³-hybridized carbons (Fsp3) is 0.583. The van der Waals surface area contributed by atoms with Crippen LogP contribution in [0.2, 0.25) is 0 Å². The van der Waals surface area contributed by atoms with E-state index in [-0.39, 0.29) is 6.10 Å². The molecule has 0 amide bonds. The van der Waals surface area contributed by atoms with Crippen molar-refractivity contribution in [2.45, 2.75) is 38.2 Å². The summed E-state index contributed by atoms with van der Waals surface area (Å²) in [5.41, 5.74) is 2.69. The second kappa shape index (κ2) is 4.09. The van der Waals surface area contributed by atoms with Gasteiger partial charge in [0.15, 0.2) is 0 Å². The second-order valence-electron chi connectivity index (χ2n) is 4.04. The van der Waals surface area contributed by atoms with Gasteiger partial charge in [-0.05, 0) is 24.8 Å². The molecular weight excluding hydrogens is 176 g/mol. The van der Waals surface area contributed by atoms with Gasteiger partial charge in [0, 0.05) is 20.0 Å². The van der Waals surface area contributed by atoms with Crippen molar-refractivity contribution < 1.29 is 9.53 Å². The molecule has 1 atom stereocenters. The lowest BCUT2D eigenvalue weighted by Gasteiger charge is -2.19. The van der Waals surface area contributed by atoms with Gasteiger partial charge in [-0.15, -0.1) is 0 Å². The van der Waals surface area contributed by atoms with E-state index in [1.165, 1.54) is 11.1 Å². The number of hydrogen-bond donors (Lipinski definition) is 0.